The van der Waals surface area contributed by atoms with E-state index in [-0.39, 0.29) is 5.91 Å². The summed E-state index contributed by atoms with van der Waals surface area (Å²) < 4.78 is 5.54. The van der Waals surface area contributed by atoms with Gasteiger partial charge in [0, 0.05) is 23.6 Å². The first-order chi connectivity index (χ1) is 13.2. The second kappa shape index (κ2) is 8.85. The standard InChI is InChI=1S/C22H23N3O2/c1-2-13-27-21-8-5-18(15-20(21)23)22(26)25-19-6-3-16(4-7-19)14-17-9-11-24-12-10-17/h3-12,15H,2,13-14,23H2,1H3,(H,25,26). The van der Waals surface area contributed by atoms with Crippen LogP contribution in [0.4, 0.5) is 11.4 Å². The minimum Gasteiger partial charge on any atom is -0.491 e. The van der Waals surface area contributed by atoms with Crippen molar-refractivity contribution in [1.82, 2.24) is 4.98 Å². The average Bonchev–Trinajstić information content (AvgIpc) is 2.69. The van der Waals surface area contributed by atoms with Crippen LogP contribution < -0.4 is 15.8 Å². The molecule has 0 fully saturated rings. The number of nitrogens with zero attached hydrogens (tertiary/aromatic N) is 1. The quantitative estimate of drug-likeness (QED) is 0.615. The van der Waals surface area contributed by atoms with Crippen molar-refractivity contribution in [2.24, 2.45) is 0 Å². The Morgan fingerprint density at radius 3 is 2.41 bits per heavy atom. The predicted molar refractivity (Wildman–Crippen MR) is 108 cm³/mol. The highest BCUT2D eigenvalue weighted by Crippen LogP contribution is 2.23. The number of carbonyl (C=O) groups excluding carboxylic acids is 1. The summed E-state index contributed by atoms with van der Waals surface area (Å²) in [4.78, 5) is 16.5. The molecule has 0 saturated heterocycles. The van der Waals surface area contributed by atoms with E-state index in [1.54, 1.807) is 30.6 Å². The zero-order valence-corrected chi connectivity index (χ0v) is 15.3. The first-order valence-electron chi connectivity index (χ1n) is 8.97. The van der Waals surface area contributed by atoms with E-state index in [9.17, 15) is 4.79 Å². The topological polar surface area (TPSA) is 77.2 Å². The number of rotatable bonds is 7. The van der Waals surface area contributed by atoms with Crippen LogP contribution in [0.2, 0.25) is 0 Å². The number of aromatic nitrogens is 1. The van der Waals surface area contributed by atoms with Crippen LogP contribution in [0.5, 0.6) is 5.75 Å². The summed E-state index contributed by atoms with van der Waals surface area (Å²) in [5.74, 6) is 0.402. The van der Waals surface area contributed by atoms with E-state index in [0.29, 0.717) is 23.6 Å². The Labute approximate surface area is 159 Å². The van der Waals surface area contributed by atoms with Crippen LogP contribution in [0.1, 0.15) is 34.8 Å². The lowest BCUT2D eigenvalue weighted by Gasteiger charge is -2.10. The van der Waals surface area contributed by atoms with Crippen molar-refractivity contribution in [3.8, 4) is 5.75 Å². The summed E-state index contributed by atoms with van der Waals surface area (Å²) in [6.07, 6.45) is 5.30. The zero-order valence-electron chi connectivity index (χ0n) is 15.3. The van der Waals surface area contributed by atoms with Gasteiger partial charge in [0.1, 0.15) is 5.75 Å². The second-order valence-electron chi connectivity index (χ2n) is 6.28. The summed E-state index contributed by atoms with van der Waals surface area (Å²) in [6, 6.07) is 16.9. The van der Waals surface area contributed by atoms with Crippen molar-refractivity contribution in [2.75, 3.05) is 17.7 Å². The van der Waals surface area contributed by atoms with Crippen molar-refractivity contribution >= 4 is 17.3 Å². The van der Waals surface area contributed by atoms with Gasteiger partial charge in [-0.15, -0.1) is 0 Å². The molecule has 0 bridgehead atoms. The highest BCUT2D eigenvalue weighted by molar-refractivity contribution is 6.05. The third-order valence-corrected chi connectivity index (χ3v) is 4.10. The maximum absolute atomic E-state index is 12.5. The molecule has 0 radical (unpaired) electrons. The molecular formula is C22H23N3O2. The van der Waals surface area contributed by atoms with Crippen LogP contribution in [0.3, 0.4) is 0 Å². The van der Waals surface area contributed by atoms with E-state index in [0.717, 1.165) is 18.5 Å². The molecular weight excluding hydrogens is 338 g/mol. The van der Waals surface area contributed by atoms with E-state index in [1.807, 2.05) is 43.3 Å². The molecule has 5 nitrogen and oxygen atoms in total. The van der Waals surface area contributed by atoms with Gasteiger partial charge in [0.15, 0.2) is 0 Å². The Hall–Kier alpha value is -3.34. The van der Waals surface area contributed by atoms with Crippen molar-refractivity contribution < 1.29 is 9.53 Å². The van der Waals surface area contributed by atoms with Crippen molar-refractivity contribution in [3.63, 3.8) is 0 Å². The van der Waals surface area contributed by atoms with Gasteiger partial charge in [0.05, 0.1) is 12.3 Å². The van der Waals surface area contributed by atoms with Gasteiger partial charge in [-0.2, -0.15) is 0 Å². The Morgan fingerprint density at radius 1 is 1.04 bits per heavy atom. The summed E-state index contributed by atoms with van der Waals surface area (Å²) in [6.45, 7) is 2.63. The monoisotopic (exact) mass is 361 g/mol. The molecule has 3 N–H and O–H groups in total. The minimum absolute atomic E-state index is 0.203. The normalized spacial score (nSPS) is 10.4. The molecule has 1 amide bonds. The molecule has 2 aromatic carbocycles. The smallest absolute Gasteiger partial charge is 0.255 e. The SMILES string of the molecule is CCCOc1ccc(C(=O)Nc2ccc(Cc3ccncc3)cc2)cc1N. The molecule has 138 valence electrons. The van der Waals surface area contributed by atoms with Gasteiger partial charge < -0.3 is 15.8 Å². The first kappa shape index (κ1) is 18.5. The van der Waals surface area contributed by atoms with Crippen LogP contribution in [0, 0.1) is 0 Å². The number of nitrogens with two attached hydrogens (primary N) is 1. The largest absolute Gasteiger partial charge is 0.491 e. The van der Waals surface area contributed by atoms with E-state index in [2.05, 4.69) is 10.3 Å². The van der Waals surface area contributed by atoms with Crippen LogP contribution in [0.25, 0.3) is 0 Å². The van der Waals surface area contributed by atoms with Crippen LogP contribution in [-0.2, 0) is 6.42 Å². The number of ether oxygens (including phenoxy) is 1. The fourth-order valence-electron chi connectivity index (χ4n) is 2.68. The fourth-order valence-corrected chi connectivity index (χ4v) is 2.68. The molecule has 27 heavy (non-hydrogen) atoms. The lowest BCUT2D eigenvalue weighted by molar-refractivity contribution is 0.102. The fraction of sp³-hybridized carbons (Fsp3) is 0.182. The van der Waals surface area contributed by atoms with E-state index >= 15 is 0 Å². The minimum atomic E-state index is -0.203. The second-order valence-corrected chi connectivity index (χ2v) is 6.28. The number of benzene rings is 2. The van der Waals surface area contributed by atoms with E-state index in [4.69, 9.17) is 10.5 Å². The molecule has 3 rings (SSSR count). The number of hydrogen-bond donors (Lipinski definition) is 2. The first-order valence-corrected chi connectivity index (χ1v) is 8.97. The zero-order chi connectivity index (χ0) is 19.1. The summed E-state index contributed by atoms with van der Waals surface area (Å²) in [5.41, 5.74) is 10.0. The van der Waals surface area contributed by atoms with E-state index < -0.39 is 0 Å². The lowest BCUT2D eigenvalue weighted by Crippen LogP contribution is -2.12. The number of amides is 1. The van der Waals surface area contributed by atoms with Gasteiger partial charge in [0.25, 0.3) is 5.91 Å². The van der Waals surface area contributed by atoms with Gasteiger partial charge in [-0.05, 0) is 66.4 Å². The van der Waals surface area contributed by atoms with Gasteiger partial charge in [-0.1, -0.05) is 19.1 Å². The number of nitrogen functional groups attached to an aromatic ring is 1. The number of carbonyl (C=O) groups is 1. The summed E-state index contributed by atoms with van der Waals surface area (Å²) in [5, 5.41) is 2.89. The van der Waals surface area contributed by atoms with E-state index in [1.165, 1.54) is 11.1 Å². The van der Waals surface area contributed by atoms with Gasteiger partial charge in [0.2, 0.25) is 0 Å². The number of nitrogens with one attached hydrogen (secondary N) is 1. The summed E-state index contributed by atoms with van der Waals surface area (Å²) >= 11 is 0. The molecule has 0 spiro atoms. The van der Waals surface area contributed by atoms with Gasteiger partial charge in [-0.25, -0.2) is 0 Å². The Balaban J connectivity index is 1.63. The molecule has 0 atom stereocenters. The molecule has 1 heterocycles. The average molecular weight is 361 g/mol. The van der Waals surface area contributed by atoms with Crippen molar-refractivity contribution in [2.45, 2.75) is 19.8 Å². The number of anilines is 2. The Kier molecular flexibility index (Phi) is 6.05. The van der Waals surface area contributed by atoms with Crippen LogP contribution in [-0.4, -0.2) is 17.5 Å². The van der Waals surface area contributed by atoms with Crippen molar-refractivity contribution in [1.29, 1.82) is 0 Å². The molecule has 0 unspecified atom stereocenters. The third-order valence-electron chi connectivity index (χ3n) is 4.10. The molecule has 1 aromatic heterocycles. The molecule has 0 aliphatic heterocycles. The maximum Gasteiger partial charge on any atom is 0.255 e. The Morgan fingerprint density at radius 2 is 1.74 bits per heavy atom. The Bertz CT molecular complexity index is 893. The molecule has 0 aliphatic carbocycles. The number of hydrogen-bond acceptors (Lipinski definition) is 4. The summed E-state index contributed by atoms with van der Waals surface area (Å²) in [7, 11) is 0. The molecule has 0 saturated carbocycles. The van der Waals surface area contributed by atoms with Gasteiger partial charge >= 0.3 is 0 Å². The van der Waals surface area contributed by atoms with Crippen molar-refractivity contribution in [3.05, 3.63) is 83.7 Å². The maximum atomic E-state index is 12.5. The highest BCUT2D eigenvalue weighted by atomic mass is 16.5. The third kappa shape index (κ3) is 5.07. The lowest BCUT2D eigenvalue weighted by atomic mass is 10.1. The molecule has 5 heteroatoms. The molecule has 0 aliphatic rings. The highest BCUT2D eigenvalue weighted by Gasteiger charge is 2.09. The van der Waals surface area contributed by atoms with Crippen LogP contribution >= 0.6 is 0 Å². The molecule has 3 aromatic rings. The van der Waals surface area contributed by atoms with Gasteiger partial charge in [-0.3, -0.25) is 9.78 Å². The number of pyridine rings is 1. The predicted octanol–water partition coefficient (Wildman–Crippen LogP) is 4.30. The van der Waals surface area contributed by atoms with Crippen LogP contribution in [0.15, 0.2) is 67.0 Å².